The number of halogens is 6. The van der Waals surface area contributed by atoms with Gasteiger partial charge in [-0.3, -0.25) is 4.79 Å². The fourth-order valence-corrected chi connectivity index (χ4v) is 4.59. The van der Waals surface area contributed by atoms with E-state index in [1.807, 2.05) is 0 Å². The zero-order valence-electron chi connectivity index (χ0n) is 25.7. The number of amides is 1. The van der Waals surface area contributed by atoms with E-state index in [0.29, 0.717) is 10.8 Å². The fourth-order valence-electron chi connectivity index (χ4n) is 4.59. The number of aromatic nitrogens is 1. The van der Waals surface area contributed by atoms with Gasteiger partial charge >= 0.3 is 18.5 Å². The summed E-state index contributed by atoms with van der Waals surface area (Å²) in [6.07, 6.45) is -9.64. The van der Waals surface area contributed by atoms with Gasteiger partial charge in [0.2, 0.25) is 0 Å². The van der Waals surface area contributed by atoms with Crippen molar-refractivity contribution in [2.45, 2.75) is 51.7 Å². The molecule has 0 aliphatic carbocycles. The Hall–Kier alpha value is -5.41. The molecule has 1 atom stereocenters. The van der Waals surface area contributed by atoms with Gasteiger partial charge in [0.15, 0.2) is 11.5 Å². The lowest BCUT2D eigenvalue weighted by Gasteiger charge is -2.35. The Labute approximate surface area is 270 Å². The zero-order valence-corrected chi connectivity index (χ0v) is 25.7. The Morgan fingerprint density at radius 1 is 0.917 bits per heavy atom. The van der Waals surface area contributed by atoms with E-state index in [1.54, 1.807) is 26.8 Å². The first-order chi connectivity index (χ1) is 22.5. The number of pyridine rings is 1. The van der Waals surface area contributed by atoms with Crippen molar-refractivity contribution in [3.8, 4) is 17.2 Å². The predicted octanol–water partition coefficient (Wildman–Crippen LogP) is 6.59. The molecule has 4 aromatic rings. The van der Waals surface area contributed by atoms with Crippen LogP contribution in [0.3, 0.4) is 0 Å². The number of nitrogens with two attached hydrogens (primary N) is 1. The summed E-state index contributed by atoms with van der Waals surface area (Å²) in [4.78, 5) is 30.7. The van der Waals surface area contributed by atoms with E-state index < -0.39 is 42.4 Å². The summed E-state index contributed by atoms with van der Waals surface area (Å²) in [5, 5.41) is 5.84. The molecule has 3 aromatic carbocycles. The van der Waals surface area contributed by atoms with Crippen molar-refractivity contribution in [2.24, 2.45) is 0 Å². The number of para-hydroxylation sites is 1. The SMILES string of the molecule is CCOc1cc(C(Nc2ccc3c(N)nccc3c2)(OC(=O)C(F)(F)F)C(=O)NCc2ccccc2OC(F)(F)F)ccc1OC(C)C. The normalized spacial score (nSPS) is 13.0. The topological polar surface area (TPSA) is 134 Å². The van der Waals surface area contributed by atoms with Gasteiger partial charge in [-0.1, -0.05) is 18.2 Å². The third-order valence-corrected chi connectivity index (χ3v) is 6.56. The lowest BCUT2D eigenvalue weighted by atomic mass is 9.99. The third kappa shape index (κ3) is 8.49. The van der Waals surface area contributed by atoms with Gasteiger partial charge in [-0.25, -0.2) is 9.78 Å². The average Bonchev–Trinajstić information content (AvgIpc) is 2.99. The number of nitrogens with zero attached hydrogens (tertiary/aromatic N) is 1. The lowest BCUT2D eigenvalue weighted by Crippen LogP contribution is -2.54. The molecule has 4 rings (SSSR count). The summed E-state index contributed by atoms with van der Waals surface area (Å²) in [5.41, 5.74) is 2.37. The number of fused-ring (bicyclic) bond motifs is 1. The second-order valence-electron chi connectivity index (χ2n) is 10.4. The minimum absolute atomic E-state index is 0.00739. The van der Waals surface area contributed by atoms with Gasteiger partial charge < -0.3 is 35.3 Å². The summed E-state index contributed by atoms with van der Waals surface area (Å²) in [5.74, 6) is -4.51. The van der Waals surface area contributed by atoms with Crippen molar-refractivity contribution in [1.82, 2.24) is 10.3 Å². The maximum Gasteiger partial charge on any atom is 0.573 e. The Bertz CT molecular complexity index is 1780. The van der Waals surface area contributed by atoms with Gasteiger partial charge in [-0.2, -0.15) is 13.2 Å². The molecule has 0 aliphatic rings. The molecule has 0 fully saturated rings. The van der Waals surface area contributed by atoms with Gasteiger partial charge in [-0.15, -0.1) is 13.2 Å². The number of rotatable bonds is 12. The molecule has 0 aliphatic heterocycles. The molecule has 1 unspecified atom stereocenters. The Balaban J connectivity index is 1.90. The van der Waals surface area contributed by atoms with Gasteiger partial charge in [0.1, 0.15) is 11.6 Å². The third-order valence-electron chi connectivity index (χ3n) is 6.56. The first kappa shape index (κ1) is 35.4. The molecule has 0 bridgehead atoms. The van der Waals surface area contributed by atoms with E-state index in [1.165, 1.54) is 54.7 Å². The molecule has 10 nitrogen and oxygen atoms in total. The van der Waals surface area contributed by atoms with Gasteiger partial charge in [0, 0.05) is 34.9 Å². The van der Waals surface area contributed by atoms with Gasteiger partial charge in [0.05, 0.1) is 12.7 Å². The monoisotopic (exact) mass is 680 g/mol. The molecule has 0 saturated carbocycles. The van der Waals surface area contributed by atoms with E-state index in [0.717, 1.165) is 12.1 Å². The fraction of sp³-hybridized carbons (Fsp3) is 0.281. The van der Waals surface area contributed by atoms with Crippen LogP contribution < -0.4 is 30.6 Å². The van der Waals surface area contributed by atoms with Crippen LogP contribution in [0.25, 0.3) is 10.8 Å². The predicted molar refractivity (Wildman–Crippen MR) is 162 cm³/mol. The highest BCUT2D eigenvalue weighted by atomic mass is 19.4. The summed E-state index contributed by atoms with van der Waals surface area (Å²) >= 11 is 0. The van der Waals surface area contributed by atoms with Crippen LogP contribution in [0.1, 0.15) is 31.9 Å². The number of esters is 1. The van der Waals surface area contributed by atoms with Crippen LogP contribution in [0.2, 0.25) is 0 Å². The number of alkyl halides is 6. The minimum Gasteiger partial charge on any atom is -0.490 e. The highest BCUT2D eigenvalue weighted by Gasteiger charge is 2.52. The standard InChI is InChI=1S/C32H30F6N4O6/c1-4-45-26-16-21(9-12-25(26)46-18(2)3)30(48-29(44)31(33,34)35,42-22-10-11-23-19(15-22)13-14-40-27(23)39)28(43)41-17-20-7-5-6-8-24(20)47-32(36,37)38/h5-16,18,42H,4,17H2,1-3H3,(H2,39,40)(H,41,43). The quantitative estimate of drug-likeness (QED) is 0.0861. The molecule has 4 N–H and O–H groups in total. The number of anilines is 2. The lowest BCUT2D eigenvalue weighted by molar-refractivity contribution is -0.274. The number of carbonyl (C=O) groups is 2. The molecule has 1 aromatic heterocycles. The molecular weight excluding hydrogens is 650 g/mol. The zero-order chi connectivity index (χ0) is 35.3. The van der Waals surface area contributed by atoms with Crippen LogP contribution >= 0.6 is 0 Å². The number of hydrogen-bond acceptors (Lipinski definition) is 9. The number of carbonyl (C=O) groups excluding carboxylic acids is 2. The highest BCUT2D eigenvalue weighted by Crippen LogP contribution is 2.39. The van der Waals surface area contributed by atoms with E-state index in [4.69, 9.17) is 19.9 Å². The molecule has 48 heavy (non-hydrogen) atoms. The van der Waals surface area contributed by atoms with Crippen molar-refractivity contribution in [1.29, 1.82) is 0 Å². The summed E-state index contributed by atoms with van der Waals surface area (Å²) in [6, 6.07) is 14.2. The summed E-state index contributed by atoms with van der Waals surface area (Å²) in [6.45, 7) is 4.45. The molecule has 0 spiro atoms. The van der Waals surface area contributed by atoms with E-state index >= 15 is 0 Å². The minimum atomic E-state index is -5.58. The van der Waals surface area contributed by atoms with Crippen molar-refractivity contribution in [2.75, 3.05) is 17.7 Å². The highest BCUT2D eigenvalue weighted by molar-refractivity contribution is 5.95. The largest absolute Gasteiger partial charge is 0.573 e. The van der Waals surface area contributed by atoms with Crippen LogP contribution in [-0.4, -0.2) is 42.1 Å². The van der Waals surface area contributed by atoms with Crippen molar-refractivity contribution >= 4 is 34.2 Å². The van der Waals surface area contributed by atoms with Crippen LogP contribution in [0.4, 0.5) is 37.8 Å². The van der Waals surface area contributed by atoms with Gasteiger partial charge in [-0.05, 0) is 74.7 Å². The van der Waals surface area contributed by atoms with Crippen LogP contribution in [-0.2, 0) is 26.6 Å². The molecule has 1 heterocycles. The van der Waals surface area contributed by atoms with Crippen LogP contribution in [0.15, 0.2) is 72.9 Å². The maximum atomic E-state index is 14.2. The second kappa shape index (κ2) is 14.1. The molecular formula is C32H30F6N4O6. The first-order valence-electron chi connectivity index (χ1n) is 14.3. The number of nitrogens with one attached hydrogen (secondary N) is 2. The molecule has 256 valence electrons. The maximum absolute atomic E-state index is 14.2. The van der Waals surface area contributed by atoms with Crippen molar-refractivity contribution in [3.63, 3.8) is 0 Å². The van der Waals surface area contributed by atoms with E-state index in [2.05, 4.69) is 20.4 Å². The van der Waals surface area contributed by atoms with Crippen molar-refractivity contribution in [3.05, 3.63) is 84.1 Å². The molecule has 0 radical (unpaired) electrons. The Morgan fingerprint density at radius 2 is 1.65 bits per heavy atom. The van der Waals surface area contributed by atoms with E-state index in [-0.39, 0.29) is 46.8 Å². The summed E-state index contributed by atoms with van der Waals surface area (Å²) in [7, 11) is 0. The molecule has 16 heteroatoms. The number of nitrogen functional groups attached to an aromatic ring is 1. The number of hydrogen-bond donors (Lipinski definition) is 3. The summed E-state index contributed by atoms with van der Waals surface area (Å²) < 4.78 is 101. The number of ether oxygens (including phenoxy) is 4. The van der Waals surface area contributed by atoms with Crippen molar-refractivity contribution < 1.29 is 54.9 Å². The van der Waals surface area contributed by atoms with Gasteiger partial charge in [0.25, 0.3) is 11.6 Å². The smallest absolute Gasteiger partial charge is 0.490 e. The second-order valence-corrected chi connectivity index (χ2v) is 10.4. The Morgan fingerprint density at radius 3 is 2.31 bits per heavy atom. The average molecular weight is 681 g/mol. The Kier molecular flexibility index (Phi) is 10.4. The van der Waals surface area contributed by atoms with Crippen LogP contribution in [0.5, 0.6) is 17.2 Å². The molecule has 0 saturated heterocycles. The van der Waals surface area contributed by atoms with E-state index in [9.17, 15) is 35.9 Å². The van der Waals surface area contributed by atoms with Crippen LogP contribution in [0, 0.1) is 0 Å². The number of benzene rings is 3. The molecule has 1 amide bonds. The first-order valence-corrected chi connectivity index (χ1v) is 14.3.